The monoisotopic (exact) mass is 542 g/mol. The van der Waals surface area contributed by atoms with Gasteiger partial charge in [-0.25, -0.2) is 9.18 Å². The molecule has 0 bridgehead atoms. The summed E-state index contributed by atoms with van der Waals surface area (Å²) in [5.74, 6) is -0.389. The second-order valence-electron chi connectivity index (χ2n) is 11.5. The van der Waals surface area contributed by atoms with Crippen molar-refractivity contribution in [2.24, 2.45) is 11.8 Å². The normalized spacial score (nSPS) is 26.8. The maximum atomic E-state index is 13.8. The molecule has 3 aliphatic rings. The number of piperidine rings is 1. The Hall–Kier alpha value is -3.12. The Morgan fingerprint density at radius 3 is 2.77 bits per heavy atom. The first-order chi connectivity index (χ1) is 18.6. The summed E-state index contributed by atoms with van der Waals surface area (Å²) in [5.41, 5.74) is 0.384. The topological polar surface area (TPSA) is 59.4 Å². The van der Waals surface area contributed by atoms with Crippen molar-refractivity contribution in [3.05, 3.63) is 65.0 Å². The van der Waals surface area contributed by atoms with Crippen LogP contribution in [0, 0.1) is 29.0 Å². The molecular weight excluding hydrogens is 508 g/mol. The Bertz CT molecular complexity index is 1260. The molecule has 1 saturated heterocycles. The molecule has 9 heteroatoms. The summed E-state index contributed by atoms with van der Waals surface area (Å²) in [6.45, 7) is 5.33. The number of hydrogen-bond donors (Lipinski definition) is 1. The summed E-state index contributed by atoms with van der Waals surface area (Å²) in [4.78, 5) is 17.7. The largest absolute Gasteiger partial charge is 0.419 e. The molecule has 39 heavy (non-hydrogen) atoms. The molecule has 5 nitrogen and oxygen atoms in total. The number of benzene rings is 2. The number of alkyl halides is 3. The first-order valence-electron chi connectivity index (χ1n) is 13.8. The van der Waals surface area contributed by atoms with Gasteiger partial charge in [0.1, 0.15) is 5.82 Å². The van der Waals surface area contributed by atoms with Crippen molar-refractivity contribution in [2.45, 2.75) is 63.1 Å². The molecule has 5 rings (SSSR count). The van der Waals surface area contributed by atoms with E-state index < -0.39 is 23.6 Å². The molecule has 2 aromatic carbocycles. The highest BCUT2D eigenvalue weighted by molar-refractivity contribution is 5.89. The minimum Gasteiger partial charge on any atom is -0.320 e. The number of likely N-dealkylation sites (tertiary alicyclic amines) is 1. The summed E-state index contributed by atoms with van der Waals surface area (Å²) in [7, 11) is 0. The number of halogens is 4. The van der Waals surface area contributed by atoms with Gasteiger partial charge in [0.2, 0.25) is 0 Å². The average molecular weight is 543 g/mol. The molecule has 1 aliphatic heterocycles. The lowest BCUT2D eigenvalue weighted by Gasteiger charge is -2.39. The van der Waals surface area contributed by atoms with E-state index in [1.165, 1.54) is 18.1 Å². The van der Waals surface area contributed by atoms with Gasteiger partial charge in [0.15, 0.2) is 0 Å². The number of fused-ring (bicyclic) bond motifs is 1. The maximum Gasteiger partial charge on any atom is 0.419 e. The van der Waals surface area contributed by atoms with Crippen LogP contribution in [0.3, 0.4) is 0 Å². The number of anilines is 1. The zero-order chi connectivity index (χ0) is 27.8. The lowest BCUT2D eigenvalue weighted by molar-refractivity contribution is -0.139. The van der Waals surface area contributed by atoms with Gasteiger partial charge in [-0.2, -0.15) is 18.4 Å². The van der Waals surface area contributed by atoms with E-state index in [0.717, 1.165) is 51.3 Å². The summed E-state index contributed by atoms with van der Waals surface area (Å²) >= 11 is 0. The third-order valence-corrected chi connectivity index (χ3v) is 8.90. The van der Waals surface area contributed by atoms with Crippen LogP contribution in [-0.2, 0) is 11.6 Å². The molecule has 2 aliphatic carbocycles. The zero-order valence-corrected chi connectivity index (χ0v) is 22.1. The zero-order valence-electron chi connectivity index (χ0n) is 22.1. The second kappa shape index (κ2) is 10.8. The highest BCUT2D eigenvalue weighted by Gasteiger charge is 2.58. The smallest absolute Gasteiger partial charge is 0.320 e. The Balaban J connectivity index is 1.32. The Kier molecular flexibility index (Phi) is 7.60. The molecular formula is C30H34F4N4O. The van der Waals surface area contributed by atoms with E-state index in [1.54, 1.807) is 11.0 Å². The molecule has 3 fully saturated rings. The predicted molar refractivity (Wildman–Crippen MR) is 141 cm³/mol. The maximum absolute atomic E-state index is 13.8. The average Bonchev–Trinajstić information content (AvgIpc) is 3.65. The van der Waals surface area contributed by atoms with Gasteiger partial charge in [0, 0.05) is 31.4 Å². The van der Waals surface area contributed by atoms with Gasteiger partial charge in [0.25, 0.3) is 0 Å². The highest BCUT2D eigenvalue weighted by Crippen LogP contribution is 2.62. The number of nitrogens with zero attached hydrogens (tertiary/aromatic N) is 3. The van der Waals surface area contributed by atoms with E-state index in [0.29, 0.717) is 36.6 Å². The second-order valence-corrected chi connectivity index (χ2v) is 11.5. The number of urea groups is 1. The van der Waals surface area contributed by atoms with Crippen LogP contribution in [-0.4, -0.2) is 48.1 Å². The van der Waals surface area contributed by atoms with E-state index in [4.69, 9.17) is 0 Å². The Labute approximate surface area is 226 Å². The standard InChI is InChI=1S/C30H34F4N4O/c1-20-4-3-11-37(19-20)12-13-38(28(39)36-24-7-8-27(31)26(16-24)30(32,33)34)25-9-10-29(17-23(29)15-25)22-6-2-5-21(14-22)18-35/h2,5-8,14,16,20,23,25H,3-4,9-13,15,17,19H2,1H3,(H,36,39)/t20?,23?,25-,29-/m1/s1. The van der Waals surface area contributed by atoms with Gasteiger partial charge in [-0.3, -0.25) is 0 Å². The first-order valence-corrected chi connectivity index (χ1v) is 13.8. The van der Waals surface area contributed by atoms with Crippen molar-refractivity contribution >= 4 is 11.7 Å². The van der Waals surface area contributed by atoms with Crippen molar-refractivity contribution in [3.63, 3.8) is 0 Å². The van der Waals surface area contributed by atoms with Crippen LogP contribution in [0.4, 0.5) is 28.0 Å². The number of carbonyl (C=O) groups is 1. The van der Waals surface area contributed by atoms with Gasteiger partial charge in [0.05, 0.1) is 17.2 Å². The third kappa shape index (κ3) is 5.91. The summed E-state index contributed by atoms with van der Waals surface area (Å²) in [6, 6.07) is 12.1. The number of nitrogens with one attached hydrogen (secondary N) is 1. The van der Waals surface area contributed by atoms with Crippen LogP contribution < -0.4 is 5.32 Å². The predicted octanol–water partition coefficient (Wildman–Crippen LogP) is 6.79. The quantitative estimate of drug-likeness (QED) is 0.409. The molecule has 2 saturated carbocycles. The molecule has 2 unspecified atom stereocenters. The minimum absolute atomic E-state index is 0.0341. The van der Waals surface area contributed by atoms with Crippen LogP contribution in [0.2, 0.25) is 0 Å². The Morgan fingerprint density at radius 2 is 2.05 bits per heavy atom. The van der Waals surface area contributed by atoms with Crippen molar-refractivity contribution < 1.29 is 22.4 Å². The van der Waals surface area contributed by atoms with Gasteiger partial charge >= 0.3 is 12.2 Å². The van der Waals surface area contributed by atoms with Crippen LogP contribution in [0.5, 0.6) is 0 Å². The SMILES string of the molecule is CC1CCCN(CCN(C(=O)Nc2ccc(F)c(C(F)(F)F)c2)[C@@H]2CC[C@]3(c4cccc(C#N)c4)CC3C2)C1. The molecule has 2 amide bonds. The van der Waals surface area contributed by atoms with Gasteiger partial charge in [-0.1, -0.05) is 19.1 Å². The van der Waals surface area contributed by atoms with Crippen LogP contribution in [0.1, 0.15) is 62.1 Å². The number of amides is 2. The highest BCUT2D eigenvalue weighted by atomic mass is 19.4. The van der Waals surface area contributed by atoms with Crippen molar-refractivity contribution in [1.82, 2.24) is 9.80 Å². The summed E-state index contributed by atoms with van der Waals surface area (Å²) < 4.78 is 53.6. The van der Waals surface area contributed by atoms with E-state index in [9.17, 15) is 27.6 Å². The molecule has 4 atom stereocenters. The van der Waals surface area contributed by atoms with E-state index in [-0.39, 0.29) is 17.1 Å². The minimum atomic E-state index is -4.85. The number of carbonyl (C=O) groups excluding carboxylic acids is 1. The Morgan fingerprint density at radius 1 is 1.23 bits per heavy atom. The molecule has 208 valence electrons. The van der Waals surface area contributed by atoms with Crippen molar-refractivity contribution in [2.75, 3.05) is 31.5 Å². The number of nitriles is 1. The van der Waals surface area contributed by atoms with Gasteiger partial charge < -0.3 is 15.1 Å². The molecule has 1 N–H and O–H groups in total. The van der Waals surface area contributed by atoms with Crippen molar-refractivity contribution in [3.8, 4) is 6.07 Å². The molecule has 0 radical (unpaired) electrons. The fourth-order valence-corrected chi connectivity index (χ4v) is 6.75. The lowest BCUT2D eigenvalue weighted by Crippen LogP contribution is -2.49. The summed E-state index contributed by atoms with van der Waals surface area (Å²) in [6.07, 6.45) is 0.912. The van der Waals surface area contributed by atoms with Gasteiger partial charge in [-0.15, -0.1) is 0 Å². The van der Waals surface area contributed by atoms with Crippen LogP contribution >= 0.6 is 0 Å². The molecule has 2 aromatic rings. The lowest BCUT2D eigenvalue weighted by atomic mass is 9.80. The third-order valence-electron chi connectivity index (χ3n) is 8.90. The van der Waals surface area contributed by atoms with E-state index in [1.807, 2.05) is 12.1 Å². The van der Waals surface area contributed by atoms with E-state index in [2.05, 4.69) is 29.3 Å². The van der Waals surface area contributed by atoms with Crippen molar-refractivity contribution in [1.29, 1.82) is 5.26 Å². The fraction of sp³-hybridized carbons (Fsp3) is 0.533. The van der Waals surface area contributed by atoms with E-state index >= 15 is 0 Å². The molecule has 0 aromatic heterocycles. The first kappa shape index (κ1) is 27.4. The number of rotatable bonds is 6. The van der Waals surface area contributed by atoms with Gasteiger partial charge in [-0.05, 0) is 98.2 Å². The molecule has 1 heterocycles. The van der Waals surface area contributed by atoms with Crippen LogP contribution in [0.15, 0.2) is 42.5 Å². The fourth-order valence-electron chi connectivity index (χ4n) is 6.75. The number of hydrogen-bond acceptors (Lipinski definition) is 3. The molecule has 0 spiro atoms. The van der Waals surface area contributed by atoms with Crippen LogP contribution in [0.25, 0.3) is 0 Å². The summed E-state index contributed by atoms with van der Waals surface area (Å²) in [5, 5.41) is 12.0.